The molecule has 2 aromatic heterocycles. The van der Waals surface area contributed by atoms with E-state index < -0.39 is 0 Å². The lowest BCUT2D eigenvalue weighted by Gasteiger charge is -2.12. The number of aromatic nitrogens is 3. The van der Waals surface area contributed by atoms with Gasteiger partial charge in [-0.05, 0) is 18.4 Å². The largest absolute Gasteiger partial charge is 0.368 e. The minimum atomic E-state index is 0.168. The molecule has 0 radical (unpaired) electrons. The molecule has 0 saturated carbocycles. The van der Waals surface area contributed by atoms with Crippen LogP contribution in [0.5, 0.6) is 0 Å². The Bertz CT molecular complexity index is 483. The summed E-state index contributed by atoms with van der Waals surface area (Å²) >= 11 is 1.70. The number of nitrogens with zero attached hydrogens (tertiary/aromatic N) is 3. The maximum absolute atomic E-state index is 5.63. The third-order valence-corrected chi connectivity index (χ3v) is 3.39. The maximum Gasteiger partial charge on any atom is 0.228 e. The monoisotopic (exact) mass is 249 g/mol. The van der Waals surface area contributed by atoms with Crippen molar-refractivity contribution in [1.29, 1.82) is 0 Å². The molecule has 1 unspecified atom stereocenters. The molecule has 0 spiro atoms. The molecule has 0 saturated heterocycles. The van der Waals surface area contributed by atoms with Crippen LogP contribution in [0.3, 0.4) is 0 Å². The molecule has 3 N–H and O–H groups in total. The van der Waals surface area contributed by atoms with Gasteiger partial charge in [-0.15, -0.1) is 11.3 Å². The van der Waals surface area contributed by atoms with E-state index in [1.54, 1.807) is 11.3 Å². The van der Waals surface area contributed by atoms with Gasteiger partial charge in [0, 0.05) is 11.3 Å². The van der Waals surface area contributed by atoms with Crippen molar-refractivity contribution in [3.63, 3.8) is 0 Å². The molecule has 0 aliphatic rings. The van der Waals surface area contributed by atoms with Gasteiger partial charge in [-0.1, -0.05) is 13.0 Å². The molecule has 0 bridgehead atoms. The zero-order chi connectivity index (χ0) is 12.3. The lowest BCUT2D eigenvalue weighted by molar-refractivity contribution is 0.846. The third-order valence-electron chi connectivity index (χ3n) is 2.33. The van der Waals surface area contributed by atoms with Crippen LogP contribution in [0.1, 0.15) is 30.6 Å². The Hall–Kier alpha value is -1.69. The number of nitrogens with one attached hydrogen (secondary N) is 1. The molecule has 90 valence electrons. The van der Waals surface area contributed by atoms with E-state index in [9.17, 15) is 0 Å². The van der Waals surface area contributed by atoms with Crippen LogP contribution in [0.15, 0.2) is 17.5 Å². The molecule has 2 rings (SSSR count). The standard InChI is InChI=1S/C11H15N5S/c1-3-9-14-10(12)16-11(15-9)13-7(2)8-5-4-6-17-8/h4-7H,3H2,1-2H3,(H3,12,13,14,15,16). The lowest BCUT2D eigenvalue weighted by Crippen LogP contribution is -2.12. The predicted molar refractivity (Wildman–Crippen MR) is 70.0 cm³/mol. The van der Waals surface area contributed by atoms with Crippen molar-refractivity contribution in [2.45, 2.75) is 26.3 Å². The lowest BCUT2D eigenvalue weighted by atomic mass is 10.3. The van der Waals surface area contributed by atoms with E-state index in [2.05, 4.69) is 33.3 Å². The van der Waals surface area contributed by atoms with Crippen molar-refractivity contribution in [2.75, 3.05) is 11.1 Å². The van der Waals surface area contributed by atoms with Crippen molar-refractivity contribution in [3.8, 4) is 0 Å². The van der Waals surface area contributed by atoms with Gasteiger partial charge in [0.2, 0.25) is 11.9 Å². The molecule has 0 aliphatic carbocycles. The van der Waals surface area contributed by atoms with Crippen LogP contribution in [-0.2, 0) is 6.42 Å². The highest BCUT2D eigenvalue weighted by Crippen LogP contribution is 2.21. The second-order valence-corrected chi connectivity index (χ2v) is 4.65. The van der Waals surface area contributed by atoms with Crippen LogP contribution in [0.25, 0.3) is 0 Å². The van der Waals surface area contributed by atoms with Crippen LogP contribution in [0.2, 0.25) is 0 Å². The Morgan fingerprint density at radius 3 is 2.88 bits per heavy atom. The number of aryl methyl sites for hydroxylation is 1. The van der Waals surface area contributed by atoms with Crippen molar-refractivity contribution in [1.82, 2.24) is 15.0 Å². The number of nitrogens with two attached hydrogens (primary N) is 1. The van der Waals surface area contributed by atoms with Crippen molar-refractivity contribution < 1.29 is 0 Å². The van der Waals surface area contributed by atoms with E-state index in [1.807, 2.05) is 18.4 Å². The Morgan fingerprint density at radius 1 is 1.41 bits per heavy atom. The van der Waals surface area contributed by atoms with Crippen LogP contribution in [0, 0.1) is 0 Å². The molecule has 0 aromatic carbocycles. The van der Waals surface area contributed by atoms with Gasteiger partial charge in [-0.2, -0.15) is 15.0 Å². The molecular weight excluding hydrogens is 234 g/mol. The van der Waals surface area contributed by atoms with E-state index in [-0.39, 0.29) is 12.0 Å². The first kappa shape index (κ1) is 11.8. The number of hydrogen-bond acceptors (Lipinski definition) is 6. The van der Waals surface area contributed by atoms with Crippen LogP contribution >= 0.6 is 11.3 Å². The zero-order valence-corrected chi connectivity index (χ0v) is 10.7. The van der Waals surface area contributed by atoms with Gasteiger partial charge >= 0.3 is 0 Å². The Kier molecular flexibility index (Phi) is 3.53. The molecule has 6 heteroatoms. The molecule has 0 amide bonds. The molecule has 2 aromatic rings. The molecule has 2 heterocycles. The fraction of sp³-hybridized carbons (Fsp3) is 0.364. The number of rotatable bonds is 4. The second-order valence-electron chi connectivity index (χ2n) is 3.67. The summed E-state index contributed by atoms with van der Waals surface area (Å²) in [6, 6.07) is 4.27. The average molecular weight is 249 g/mol. The highest BCUT2D eigenvalue weighted by atomic mass is 32.1. The number of anilines is 2. The van der Waals surface area contributed by atoms with E-state index in [4.69, 9.17) is 5.73 Å². The Balaban J connectivity index is 2.15. The normalized spacial score (nSPS) is 12.4. The highest BCUT2D eigenvalue weighted by Gasteiger charge is 2.09. The number of hydrogen-bond donors (Lipinski definition) is 2. The van der Waals surface area contributed by atoms with Gasteiger partial charge in [0.15, 0.2) is 0 Å². The fourth-order valence-corrected chi connectivity index (χ4v) is 2.20. The summed E-state index contributed by atoms with van der Waals surface area (Å²) in [5.74, 6) is 1.51. The van der Waals surface area contributed by atoms with Crippen molar-refractivity contribution >= 4 is 23.2 Å². The zero-order valence-electron chi connectivity index (χ0n) is 9.84. The first-order chi connectivity index (χ1) is 8.19. The SMILES string of the molecule is CCc1nc(N)nc(NC(C)c2cccs2)n1. The van der Waals surface area contributed by atoms with Gasteiger partial charge in [-0.25, -0.2) is 0 Å². The Labute approximate surface area is 104 Å². The van der Waals surface area contributed by atoms with Gasteiger partial charge in [0.25, 0.3) is 0 Å². The van der Waals surface area contributed by atoms with Crippen molar-refractivity contribution in [3.05, 3.63) is 28.2 Å². The van der Waals surface area contributed by atoms with Crippen LogP contribution < -0.4 is 11.1 Å². The molecule has 17 heavy (non-hydrogen) atoms. The summed E-state index contributed by atoms with van der Waals surface area (Å²) in [4.78, 5) is 13.7. The topological polar surface area (TPSA) is 76.7 Å². The quantitative estimate of drug-likeness (QED) is 0.869. The number of nitrogen functional groups attached to an aromatic ring is 1. The molecule has 5 nitrogen and oxygen atoms in total. The fourth-order valence-electron chi connectivity index (χ4n) is 1.46. The summed E-state index contributed by atoms with van der Waals surface area (Å²) in [6.45, 7) is 4.05. The van der Waals surface area contributed by atoms with Crippen LogP contribution in [0.4, 0.5) is 11.9 Å². The first-order valence-corrected chi connectivity index (χ1v) is 6.37. The summed E-state index contributed by atoms with van der Waals surface area (Å²) < 4.78 is 0. The third kappa shape index (κ3) is 2.91. The van der Waals surface area contributed by atoms with E-state index in [0.29, 0.717) is 11.8 Å². The minimum absolute atomic E-state index is 0.168. The Morgan fingerprint density at radius 2 is 2.24 bits per heavy atom. The van der Waals surface area contributed by atoms with Gasteiger partial charge < -0.3 is 11.1 Å². The van der Waals surface area contributed by atoms with Gasteiger partial charge in [0.1, 0.15) is 5.82 Å². The molecule has 1 atom stereocenters. The summed E-state index contributed by atoms with van der Waals surface area (Å²) in [6.07, 6.45) is 0.745. The molecule has 0 fully saturated rings. The smallest absolute Gasteiger partial charge is 0.228 e. The maximum atomic E-state index is 5.63. The summed E-state index contributed by atoms with van der Waals surface area (Å²) in [7, 11) is 0. The predicted octanol–water partition coefficient (Wildman–Crippen LogP) is 2.25. The first-order valence-electron chi connectivity index (χ1n) is 5.49. The highest BCUT2D eigenvalue weighted by molar-refractivity contribution is 7.10. The molecular formula is C11H15N5S. The minimum Gasteiger partial charge on any atom is -0.368 e. The summed E-state index contributed by atoms with van der Waals surface area (Å²) in [5, 5.41) is 5.28. The van der Waals surface area contributed by atoms with Crippen LogP contribution in [-0.4, -0.2) is 15.0 Å². The van der Waals surface area contributed by atoms with E-state index in [0.717, 1.165) is 6.42 Å². The van der Waals surface area contributed by atoms with Gasteiger partial charge in [0.05, 0.1) is 6.04 Å². The second kappa shape index (κ2) is 5.09. The molecule has 0 aliphatic heterocycles. The van der Waals surface area contributed by atoms with Crippen molar-refractivity contribution in [2.24, 2.45) is 0 Å². The van der Waals surface area contributed by atoms with Gasteiger partial charge in [-0.3, -0.25) is 0 Å². The average Bonchev–Trinajstić information content (AvgIpc) is 2.81. The van der Waals surface area contributed by atoms with E-state index >= 15 is 0 Å². The summed E-state index contributed by atoms with van der Waals surface area (Å²) in [5.41, 5.74) is 5.63. The number of thiophene rings is 1. The van der Waals surface area contributed by atoms with E-state index in [1.165, 1.54) is 4.88 Å².